The van der Waals surface area contributed by atoms with Gasteiger partial charge in [-0.1, -0.05) is 42.5 Å². The van der Waals surface area contributed by atoms with E-state index in [1.54, 1.807) is 43.3 Å². The number of sulfonamides is 1. The van der Waals surface area contributed by atoms with E-state index < -0.39 is 10.0 Å². The maximum Gasteiger partial charge on any atom is 0.262 e. The lowest BCUT2D eigenvalue weighted by molar-refractivity contribution is 0.0942. The molecular weight excluding hydrogens is 436 g/mol. The molecule has 0 aliphatic rings. The normalized spacial score (nSPS) is 11.2. The van der Waals surface area contributed by atoms with Crippen molar-refractivity contribution in [2.24, 2.45) is 0 Å². The Kier molecular flexibility index (Phi) is 8.63. The Morgan fingerprint density at radius 3 is 2.36 bits per heavy atom. The Bertz CT molecular complexity index is 1160. The quantitative estimate of drug-likeness (QED) is 0.408. The highest BCUT2D eigenvalue weighted by Gasteiger charge is 2.17. The minimum atomic E-state index is -3.71. The number of hydrogen-bond acceptors (Lipinski definition) is 4. The number of carbonyl (C=O) groups excluding carboxylic acids is 1. The summed E-state index contributed by atoms with van der Waals surface area (Å²) < 4.78 is 33.6. The average Bonchev–Trinajstić information content (AvgIpc) is 2.80. The van der Waals surface area contributed by atoms with Gasteiger partial charge in [-0.25, -0.2) is 8.42 Å². The monoisotopic (exact) mass is 466 g/mol. The summed E-state index contributed by atoms with van der Waals surface area (Å²) in [5.41, 5.74) is 3.65. The first-order valence-electron chi connectivity index (χ1n) is 11.0. The van der Waals surface area contributed by atoms with Crippen LogP contribution >= 0.6 is 0 Å². The highest BCUT2D eigenvalue weighted by Crippen LogP contribution is 2.21. The molecule has 3 aromatic rings. The van der Waals surface area contributed by atoms with Crippen LogP contribution in [0.25, 0.3) is 0 Å². The van der Waals surface area contributed by atoms with Gasteiger partial charge in [0.2, 0.25) is 0 Å². The molecule has 174 valence electrons. The van der Waals surface area contributed by atoms with E-state index >= 15 is 0 Å². The first kappa shape index (κ1) is 24.5. The fourth-order valence-corrected chi connectivity index (χ4v) is 4.70. The molecule has 2 N–H and O–H groups in total. The molecule has 0 heterocycles. The third-order valence-corrected chi connectivity index (χ3v) is 6.68. The molecule has 6 nitrogen and oxygen atoms in total. The Morgan fingerprint density at radius 1 is 0.909 bits per heavy atom. The fourth-order valence-electron chi connectivity index (χ4n) is 3.31. The molecule has 7 heteroatoms. The second-order valence-electron chi connectivity index (χ2n) is 7.91. The van der Waals surface area contributed by atoms with Gasteiger partial charge in [0, 0.05) is 24.4 Å². The van der Waals surface area contributed by atoms with Gasteiger partial charge in [-0.3, -0.25) is 9.52 Å². The predicted octanol–water partition coefficient (Wildman–Crippen LogP) is 4.48. The number of hydrogen-bond donors (Lipinski definition) is 2. The molecule has 0 saturated heterocycles. The number of aryl methyl sites for hydroxylation is 2. The van der Waals surface area contributed by atoms with Crippen LogP contribution in [0.1, 0.15) is 33.5 Å². The third-order valence-electron chi connectivity index (χ3n) is 5.16. The van der Waals surface area contributed by atoms with E-state index in [1.165, 1.54) is 5.56 Å². The summed E-state index contributed by atoms with van der Waals surface area (Å²) in [5, 5.41) is 2.86. The summed E-state index contributed by atoms with van der Waals surface area (Å²) in [4.78, 5) is 12.6. The van der Waals surface area contributed by atoms with Crippen LogP contribution in [0.4, 0.5) is 5.69 Å². The molecule has 0 atom stereocenters. The fraction of sp³-hybridized carbons (Fsp3) is 0.269. The van der Waals surface area contributed by atoms with Gasteiger partial charge in [-0.15, -0.1) is 0 Å². The first-order valence-corrected chi connectivity index (χ1v) is 12.4. The number of anilines is 1. The molecule has 0 aliphatic heterocycles. The van der Waals surface area contributed by atoms with Gasteiger partial charge in [0.1, 0.15) is 0 Å². The van der Waals surface area contributed by atoms with Crippen LogP contribution in [0.5, 0.6) is 0 Å². The second-order valence-corrected chi connectivity index (χ2v) is 9.56. The lowest BCUT2D eigenvalue weighted by Crippen LogP contribution is -2.25. The van der Waals surface area contributed by atoms with Crippen molar-refractivity contribution in [1.29, 1.82) is 0 Å². The lowest BCUT2D eigenvalue weighted by atomic mass is 10.2. The third kappa shape index (κ3) is 7.44. The molecule has 3 rings (SSSR count). The number of amides is 1. The SMILES string of the molecule is Cc1ccc(C)c(S(=O)(=O)Nc2ccc(C(=O)NCCCOCCc3ccccc3)cc2)c1. The molecule has 0 bridgehead atoms. The van der Waals surface area contributed by atoms with E-state index in [0.29, 0.717) is 43.0 Å². The summed E-state index contributed by atoms with van der Waals surface area (Å²) in [5.74, 6) is -0.205. The van der Waals surface area contributed by atoms with Crippen LogP contribution in [0.2, 0.25) is 0 Å². The Balaban J connectivity index is 1.42. The maximum absolute atomic E-state index is 12.7. The van der Waals surface area contributed by atoms with Crippen LogP contribution in [0.3, 0.4) is 0 Å². The standard InChI is InChI=1S/C26H30N2O4S/c1-20-9-10-21(2)25(19-20)33(30,31)28-24-13-11-23(12-14-24)26(29)27-16-6-17-32-18-15-22-7-4-3-5-8-22/h3-5,7-14,19,28H,6,15-18H2,1-2H3,(H,27,29). The zero-order chi connectivity index (χ0) is 23.7. The summed E-state index contributed by atoms with van der Waals surface area (Å²) in [6.07, 6.45) is 1.58. The number of carbonyl (C=O) groups is 1. The number of rotatable bonds is 11. The van der Waals surface area contributed by atoms with Crippen molar-refractivity contribution in [2.45, 2.75) is 31.6 Å². The summed E-state index contributed by atoms with van der Waals surface area (Å²) in [6.45, 7) is 5.34. The van der Waals surface area contributed by atoms with Crippen molar-refractivity contribution in [3.63, 3.8) is 0 Å². The van der Waals surface area contributed by atoms with Crippen LogP contribution in [0, 0.1) is 13.8 Å². The van der Waals surface area contributed by atoms with E-state index in [1.807, 2.05) is 31.2 Å². The molecule has 33 heavy (non-hydrogen) atoms. The zero-order valence-electron chi connectivity index (χ0n) is 19.0. The number of ether oxygens (including phenoxy) is 1. The molecule has 0 spiro atoms. The van der Waals surface area contributed by atoms with Gasteiger partial charge in [0.15, 0.2) is 0 Å². The minimum absolute atomic E-state index is 0.205. The summed E-state index contributed by atoms with van der Waals surface area (Å²) in [7, 11) is -3.71. The highest BCUT2D eigenvalue weighted by atomic mass is 32.2. The molecule has 0 fully saturated rings. The molecule has 1 amide bonds. The van der Waals surface area contributed by atoms with Gasteiger partial charge in [-0.2, -0.15) is 0 Å². The Morgan fingerprint density at radius 2 is 1.64 bits per heavy atom. The first-order chi connectivity index (χ1) is 15.8. The van der Waals surface area contributed by atoms with Gasteiger partial charge in [-0.05, 0) is 73.7 Å². The van der Waals surface area contributed by atoms with E-state index in [4.69, 9.17) is 4.74 Å². The van der Waals surface area contributed by atoms with Gasteiger partial charge in [0.25, 0.3) is 15.9 Å². The van der Waals surface area contributed by atoms with Crippen LogP contribution in [0.15, 0.2) is 77.7 Å². The molecule has 0 unspecified atom stereocenters. The highest BCUT2D eigenvalue weighted by molar-refractivity contribution is 7.92. The molecular formula is C26H30N2O4S. The van der Waals surface area contributed by atoms with E-state index in [2.05, 4.69) is 22.2 Å². The minimum Gasteiger partial charge on any atom is -0.381 e. The van der Waals surface area contributed by atoms with Crippen LogP contribution in [-0.2, 0) is 21.2 Å². The smallest absolute Gasteiger partial charge is 0.262 e. The van der Waals surface area contributed by atoms with E-state index in [9.17, 15) is 13.2 Å². The lowest BCUT2D eigenvalue weighted by Gasteiger charge is -2.12. The van der Waals surface area contributed by atoms with Gasteiger partial charge in [0.05, 0.1) is 11.5 Å². The van der Waals surface area contributed by atoms with E-state index in [-0.39, 0.29) is 10.8 Å². The molecule has 3 aromatic carbocycles. The maximum atomic E-state index is 12.7. The Labute approximate surface area is 196 Å². The zero-order valence-corrected chi connectivity index (χ0v) is 19.8. The number of nitrogens with one attached hydrogen (secondary N) is 2. The van der Waals surface area contributed by atoms with E-state index in [0.717, 1.165) is 12.0 Å². The number of benzene rings is 3. The van der Waals surface area contributed by atoms with Crippen molar-refractivity contribution in [2.75, 3.05) is 24.5 Å². The van der Waals surface area contributed by atoms with Crippen molar-refractivity contribution in [3.05, 3.63) is 95.1 Å². The molecule has 0 saturated carbocycles. The topological polar surface area (TPSA) is 84.5 Å². The van der Waals surface area contributed by atoms with Crippen molar-refractivity contribution < 1.29 is 17.9 Å². The molecule has 0 radical (unpaired) electrons. The van der Waals surface area contributed by atoms with Crippen molar-refractivity contribution >= 4 is 21.6 Å². The average molecular weight is 467 g/mol. The van der Waals surface area contributed by atoms with Crippen molar-refractivity contribution in [1.82, 2.24) is 5.32 Å². The van der Waals surface area contributed by atoms with Gasteiger partial charge < -0.3 is 10.1 Å². The van der Waals surface area contributed by atoms with Crippen LogP contribution in [-0.4, -0.2) is 34.1 Å². The summed E-state index contributed by atoms with van der Waals surface area (Å²) in [6, 6.07) is 21.8. The largest absolute Gasteiger partial charge is 0.381 e. The second kappa shape index (κ2) is 11.6. The van der Waals surface area contributed by atoms with Crippen molar-refractivity contribution in [3.8, 4) is 0 Å². The van der Waals surface area contributed by atoms with Gasteiger partial charge >= 0.3 is 0 Å². The predicted molar refractivity (Wildman–Crippen MR) is 131 cm³/mol. The molecule has 0 aromatic heterocycles. The van der Waals surface area contributed by atoms with Crippen LogP contribution < -0.4 is 10.0 Å². The summed E-state index contributed by atoms with van der Waals surface area (Å²) >= 11 is 0. The molecule has 0 aliphatic carbocycles. The Hall–Kier alpha value is -3.16.